The molecule has 0 spiro atoms. The van der Waals surface area contributed by atoms with Crippen LogP contribution >= 0.6 is 0 Å². The average Bonchev–Trinajstić information content (AvgIpc) is 2.96. The number of imide groups is 1. The number of benzene rings is 2. The summed E-state index contributed by atoms with van der Waals surface area (Å²) in [6.07, 6.45) is 1.31. The van der Waals surface area contributed by atoms with Gasteiger partial charge in [0.1, 0.15) is 18.0 Å². The summed E-state index contributed by atoms with van der Waals surface area (Å²) in [5.41, 5.74) is 0.535. The number of nitrogens with one attached hydrogen (secondary N) is 2. The van der Waals surface area contributed by atoms with Crippen LogP contribution in [0.3, 0.4) is 0 Å². The summed E-state index contributed by atoms with van der Waals surface area (Å²) in [4.78, 5) is 47.9. The van der Waals surface area contributed by atoms with Crippen LogP contribution in [0, 0.1) is 10.1 Å². The van der Waals surface area contributed by atoms with Crippen LogP contribution in [-0.2, 0) is 9.59 Å². The SMILES string of the molecule is COc1ccccc1NC(=O)CN1C(=O)N/C(=C/c2cccc([N+](=O)[O-])c2)C1=O. The minimum atomic E-state index is -0.762. The predicted octanol–water partition coefficient (Wildman–Crippen LogP) is 2.13. The summed E-state index contributed by atoms with van der Waals surface area (Å²) < 4.78 is 5.14. The highest BCUT2D eigenvalue weighted by molar-refractivity contribution is 6.16. The van der Waals surface area contributed by atoms with Crippen molar-refractivity contribution in [1.29, 1.82) is 0 Å². The maximum Gasteiger partial charge on any atom is 0.329 e. The van der Waals surface area contributed by atoms with Crippen LogP contribution in [0.25, 0.3) is 6.08 Å². The molecule has 1 fully saturated rings. The average molecular weight is 396 g/mol. The van der Waals surface area contributed by atoms with Gasteiger partial charge in [-0.05, 0) is 23.8 Å². The van der Waals surface area contributed by atoms with Gasteiger partial charge < -0.3 is 15.4 Å². The molecule has 1 aliphatic heterocycles. The normalized spacial score (nSPS) is 14.7. The van der Waals surface area contributed by atoms with Crippen LogP contribution in [-0.4, -0.2) is 41.3 Å². The van der Waals surface area contributed by atoms with Gasteiger partial charge in [-0.25, -0.2) is 9.69 Å². The molecule has 0 radical (unpaired) electrons. The van der Waals surface area contributed by atoms with E-state index in [9.17, 15) is 24.5 Å². The van der Waals surface area contributed by atoms with E-state index in [1.807, 2.05) is 0 Å². The molecule has 3 rings (SSSR count). The standard InChI is InChI=1S/C19H16N4O6/c1-29-16-8-3-2-7-14(16)20-17(24)11-22-18(25)15(21-19(22)26)10-12-5-4-6-13(9-12)23(27)28/h2-10H,11H2,1H3,(H,20,24)(H,21,26)/b15-10+. The zero-order valence-electron chi connectivity index (χ0n) is 15.2. The Morgan fingerprint density at radius 1 is 1.24 bits per heavy atom. The van der Waals surface area contributed by atoms with Gasteiger partial charge in [-0.3, -0.25) is 19.7 Å². The van der Waals surface area contributed by atoms with Crippen molar-refractivity contribution in [2.75, 3.05) is 19.0 Å². The van der Waals surface area contributed by atoms with Crippen molar-refractivity contribution in [1.82, 2.24) is 10.2 Å². The van der Waals surface area contributed by atoms with Crippen LogP contribution in [0.4, 0.5) is 16.2 Å². The number of ether oxygens (including phenoxy) is 1. The summed E-state index contributed by atoms with van der Waals surface area (Å²) in [7, 11) is 1.45. The number of hydrogen-bond acceptors (Lipinski definition) is 6. The minimum absolute atomic E-state index is 0.0828. The number of non-ortho nitro benzene ring substituents is 1. The van der Waals surface area contributed by atoms with Gasteiger partial charge in [-0.15, -0.1) is 0 Å². The monoisotopic (exact) mass is 396 g/mol. The third-order valence-electron chi connectivity index (χ3n) is 4.04. The topological polar surface area (TPSA) is 131 Å². The fourth-order valence-corrected chi connectivity index (χ4v) is 2.69. The Bertz CT molecular complexity index is 1030. The molecule has 29 heavy (non-hydrogen) atoms. The first-order valence-electron chi connectivity index (χ1n) is 8.41. The van der Waals surface area contributed by atoms with Gasteiger partial charge >= 0.3 is 6.03 Å². The number of methoxy groups -OCH3 is 1. The smallest absolute Gasteiger partial charge is 0.329 e. The van der Waals surface area contributed by atoms with E-state index in [0.29, 0.717) is 17.0 Å². The van der Waals surface area contributed by atoms with Gasteiger partial charge in [0, 0.05) is 12.1 Å². The van der Waals surface area contributed by atoms with E-state index in [-0.39, 0.29) is 11.4 Å². The highest BCUT2D eigenvalue weighted by atomic mass is 16.6. The van der Waals surface area contributed by atoms with Gasteiger partial charge in [0.15, 0.2) is 0 Å². The lowest BCUT2D eigenvalue weighted by Crippen LogP contribution is -2.38. The van der Waals surface area contributed by atoms with E-state index in [1.165, 1.54) is 31.4 Å². The third-order valence-corrected chi connectivity index (χ3v) is 4.04. The Morgan fingerprint density at radius 2 is 2.00 bits per heavy atom. The van der Waals surface area contributed by atoms with Crippen LogP contribution in [0.15, 0.2) is 54.2 Å². The molecule has 0 saturated carbocycles. The maximum atomic E-state index is 12.5. The fourth-order valence-electron chi connectivity index (χ4n) is 2.69. The lowest BCUT2D eigenvalue weighted by Gasteiger charge is -2.13. The molecule has 2 aromatic carbocycles. The number of nitro groups is 1. The number of nitro benzene ring substituents is 1. The van der Waals surface area contributed by atoms with E-state index < -0.39 is 29.3 Å². The van der Waals surface area contributed by atoms with Crippen LogP contribution < -0.4 is 15.4 Å². The first-order valence-corrected chi connectivity index (χ1v) is 8.41. The number of carbonyl (C=O) groups is 3. The Hall–Kier alpha value is -4.21. The van der Waals surface area contributed by atoms with Crippen molar-refractivity contribution in [2.24, 2.45) is 0 Å². The molecule has 0 atom stereocenters. The number of urea groups is 1. The molecule has 2 aromatic rings. The number of nitrogens with zero attached hydrogens (tertiary/aromatic N) is 2. The summed E-state index contributed by atoms with van der Waals surface area (Å²) in [5, 5.41) is 15.8. The van der Waals surface area contributed by atoms with Crippen LogP contribution in [0.2, 0.25) is 0 Å². The highest BCUT2D eigenvalue weighted by Crippen LogP contribution is 2.23. The van der Waals surface area contributed by atoms with Crippen molar-refractivity contribution in [3.8, 4) is 5.75 Å². The molecule has 0 unspecified atom stereocenters. The molecular formula is C19H16N4O6. The predicted molar refractivity (Wildman–Crippen MR) is 103 cm³/mol. The highest BCUT2D eigenvalue weighted by Gasteiger charge is 2.35. The van der Waals surface area contributed by atoms with Gasteiger partial charge in [-0.1, -0.05) is 24.3 Å². The number of rotatable bonds is 6. The second kappa shape index (κ2) is 8.21. The van der Waals surface area contributed by atoms with E-state index in [2.05, 4.69) is 10.6 Å². The molecule has 0 aliphatic carbocycles. The van der Waals surface area contributed by atoms with Crippen molar-refractivity contribution < 1.29 is 24.0 Å². The van der Waals surface area contributed by atoms with Gasteiger partial charge in [0.25, 0.3) is 11.6 Å². The Kier molecular flexibility index (Phi) is 5.54. The van der Waals surface area contributed by atoms with Crippen molar-refractivity contribution >= 4 is 35.3 Å². The minimum Gasteiger partial charge on any atom is -0.495 e. The molecule has 4 amide bonds. The van der Waals surface area contributed by atoms with Crippen molar-refractivity contribution in [2.45, 2.75) is 0 Å². The lowest BCUT2D eigenvalue weighted by atomic mass is 10.1. The number of carbonyl (C=O) groups excluding carboxylic acids is 3. The maximum absolute atomic E-state index is 12.5. The van der Waals surface area contributed by atoms with Gasteiger partial charge in [-0.2, -0.15) is 0 Å². The number of para-hydroxylation sites is 2. The second-order valence-electron chi connectivity index (χ2n) is 5.98. The largest absolute Gasteiger partial charge is 0.495 e. The van der Waals surface area contributed by atoms with E-state index in [0.717, 1.165) is 4.90 Å². The van der Waals surface area contributed by atoms with E-state index in [4.69, 9.17) is 4.74 Å². The fraction of sp³-hybridized carbons (Fsp3) is 0.105. The summed E-state index contributed by atoms with van der Waals surface area (Å²) in [6.45, 7) is -0.505. The number of amides is 4. The second-order valence-corrected chi connectivity index (χ2v) is 5.98. The zero-order valence-corrected chi connectivity index (χ0v) is 15.2. The molecule has 1 aliphatic rings. The third kappa shape index (κ3) is 4.38. The molecule has 0 aromatic heterocycles. The van der Waals surface area contributed by atoms with Crippen molar-refractivity contribution in [3.63, 3.8) is 0 Å². The Balaban J connectivity index is 1.73. The zero-order chi connectivity index (χ0) is 21.0. The number of hydrogen-bond donors (Lipinski definition) is 2. The van der Waals surface area contributed by atoms with E-state index in [1.54, 1.807) is 30.3 Å². The first-order chi connectivity index (χ1) is 13.9. The molecule has 10 nitrogen and oxygen atoms in total. The first kappa shape index (κ1) is 19.5. The number of anilines is 1. The molecule has 1 heterocycles. The quantitative estimate of drug-likeness (QED) is 0.333. The molecule has 10 heteroatoms. The van der Waals surface area contributed by atoms with Crippen LogP contribution in [0.1, 0.15) is 5.56 Å². The lowest BCUT2D eigenvalue weighted by molar-refractivity contribution is -0.384. The summed E-state index contributed by atoms with van der Waals surface area (Å²) >= 11 is 0. The summed E-state index contributed by atoms with van der Waals surface area (Å²) in [5.74, 6) is -0.865. The Morgan fingerprint density at radius 3 is 2.72 bits per heavy atom. The summed E-state index contributed by atoms with van der Waals surface area (Å²) in [6, 6.07) is 11.5. The molecule has 148 valence electrons. The van der Waals surface area contributed by atoms with Gasteiger partial charge in [0.05, 0.1) is 17.7 Å². The molecule has 0 bridgehead atoms. The molecule has 1 saturated heterocycles. The van der Waals surface area contributed by atoms with Crippen LogP contribution in [0.5, 0.6) is 5.75 Å². The van der Waals surface area contributed by atoms with Crippen molar-refractivity contribution in [3.05, 3.63) is 69.9 Å². The van der Waals surface area contributed by atoms with Gasteiger partial charge in [0.2, 0.25) is 5.91 Å². The molecular weight excluding hydrogens is 380 g/mol. The van der Waals surface area contributed by atoms with E-state index >= 15 is 0 Å². The molecule has 2 N–H and O–H groups in total. The Labute approximate surface area is 164 Å².